The standard InChI is InChI=1S/C32H47N3O5/c1-11-23(6)35(30(37)27(18-20(2)3)34-31(38)40-32(7,8)9)28(24-13-12-21(4)22(5)19-24)29(36)33-25-14-16-26(39-10)17-15-25/h12-17,19-20,23,27-28H,11,18H2,1-10H3,(H,33,36)(H,34,38). The molecule has 220 valence electrons. The SMILES string of the molecule is CCC(C)N(C(=O)C(CC(C)C)NC(=O)OC(C)(C)C)C(C(=O)Nc1ccc(OC)cc1)c1ccc(C)c(C)c1. The van der Waals surface area contributed by atoms with Crippen molar-refractivity contribution >= 4 is 23.6 Å². The fourth-order valence-corrected chi connectivity index (χ4v) is 4.38. The molecule has 0 fully saturated rings. The average molecular weight is 554 g/mol. The fraction of sp³-hybridized carbons (Fsp3) is 0.531. The number of methoxy groups -OCH3 is 1. The minimum atomic E-state index is -0.932. The first-order valence-electron chi connectivity index (χ1n) is 14.0. The van der Waals surface area contributed by atoms with E-state index in [1.807, 2.05) is 59.7 Å². The first-order valence-corrected chi connectivity index (χ1v) is 14.0. The molecular formula is C32H47N3O5. The second kappa shape index (κ2) is 14.2. The summed E-state index contributed by atoms with van der Waals surface area (Å²) in [6, 6.07) is 10.8. The maximum Gasteiger partial charge on any atom is 0.408 e. The van der Waals surface area contributed by atoms with Gasteiger partial charge >= 0.3 is 6.09 Å². The van der Waals surface area contributed by atoms with Crippen LogP contribution in [-0.4, -0.2) is 47.6 Å². The summed E-state index contributed by atoms with van der Waals surface area (Å²) < 4.78 is 10.7. The van der Waals surface area contributed by atoms with Crippen LogP contribution in [0.2, 0.25) is 0 Å². The van der Waals surface area contributed by atoms with E-state index >= 15 is 0 Å². The largest absolute Gasteiger partial charge is 0.497 e. The molecule has 0 spiro atoms. The molecule has 2 N–H and O–H groups in total. The highest BCUT2D eigenvalue weighted by atomic mass is 16.6. The van der Waals surface area contributed by atoms with Crippen molar-refractivity contribution in [3.8, 4) is 5.75 Å². The Morgan fingerprint density at radius 1 is 0.950 bits per heavy atom. The van der Waals surface area contributed by atoms with Gasteiger partial charge in [0.1, 0.15) is 23.4 Å². The van der Waals surface area contributed by atoms with Gasteiger partial charge in [0, 0.05) is 11.7 Å². The Morgan fingerprint density at radius 2 is 1.57 bits per heavy atom. The molecule has 8 heteroatoms. The Hall–Kier alpha value is -3.55. The number of rotatable bonds is 11. The second-order valence-electron chi connectivity index (χ2n) is 11.8. The van der Waals surface area contributed by atoms with Crippen LogP contribution in [0, 0.1) is 19.8 Å². The second-order valence-corrected chi connectivity index (χ2v) is 11.8. The van der Waals surface area contributed by atoms with Crippen molar-refractivity contribution in [2.45, 2.75) is 98.9 Å². The van der Waals surface area contributed by atoms with E-state index in [0.717, 1.165) is 11.1 Å². The average Bonchev–Trinajstić information content (AvgIpc) is 2.86. The van der Waals surface area contributed by atoms with Crippen LogP contribution in [0.3, 0.4) is 0 Å². The lowest BCUT2D eigenvalue weighted by Crippen LogP contribution is -2.55. The molecule has 3 amide bonds. The Bertz CT molecular complexity index is 1150. The van der Waals surface area contributed by atoms with Crippen LogP contribution in [0.4, 0.5) is 10.5 Å². The van der Waals surface area contributed by atoms with Crippen LogP contribution in [0.1, 0.15) is 84.0 Å². The van der Waals surface area contributed by atoms with Crippen molar-refractivity contribution < 1.29 is 23.9 Å². The molecule has 2 aromatic rings. The lowest BCUT2D eigenvalue weighted by atomic mass is 9.95. The topological polar surface area (TPSA) is 97.0 Å². The van der Waals surface area contributed by atoms with Crippen molar-refractivity contribution in [3.63, 3.8) is 0 Å². The van der Waals surface area contributed by atoms with Crippen LogP contribution in [0.5, 0.6) is 5.75 Å². The third kappa shape index (κ3) is 9.28. The quantitative estimate of drug-likeness (QED) is 0.329. The number of hydrogen-bond donors (Lipinski definition) is 2. The van der Waals surface area contributed by atoms with E-state index in [0.29, 0.717) is 29.8 Å². The monoisotopic (exact) mass is 553 g/mol. The Labute approximate surface area is 239 Å². The summed E-state index contributed by atoms with van der Waals surface area (Å²) in [5.74, 6) is 0.102. The molecule has 2 aromatic carbocycles. The number of ether oxygens (including phenoxy) is 2. The minimum Gasteiger partial charge on any atom is -0.497 e. The number of aryl methyl sites for hydroxylation is 2. The number of carbonyl (C=O) groups excluding carboxylic acids is 3. The summed E-state index contributed by atoms with van der Waals surface area (Å²) >= 11 is 0. The van der Waals surface area contributed by atoms with Gasteiger partial charge in [0.25, 0.3) is 5.91 Å². The summed E-state index contributed by atoms with van der Waals surface area (Å²) in [6.07, 6.45) is 0.343. The highest BCUT2D eigenvalue weighted by Crippen LogP contribution is 2.30. The third-order valence-corrected chi connectivity index (χ3v) is 6.75. The van der Waals surface area contributed by atoms with Gasteiger partial charge in [-0.3, -0.25) is 9.59 Å². The van der Waals surface area contributed by atoms with Gasteiger partial charge in [0.15, 0.2) is 0 Å². The van der Waals surface area contributed by atoms with Gasteiger partial charge in [-0.15, -0.1) is 0 Å². The molecule has 0 saturated heterocycles. The molecule has 0 aliphatic rings. The number of alkyl carbamates (subject to hydrolysis) is 1. The van der Waals surface area contributed by atoms with E-state index in [9.17, 15) is 14.4 Å². The molecule has 0 aliphatic heterocycles. The number of nitrogens with zero attached hydrogens (tertiary/aromatic N) is 1. The number of anilines is 1. The van der Waals surface area contributed by atoms with E-state index in [1.165, 1.54) is 0 Å². The van der Waals surface area contributed by atoms with E-state index in [2.05, 4.69) is 10.6 Å². The minimum absolute atomic E-state index is 0.107. The van der Waals surface area contributed by atoms with Crippen LogP contribution in [0.25, 0.3) is 0 Å². The molecule has 0 saturated carbocycles. The van der Waals surface area contributed by atoms with E-state index < -0.39 is 23.8 Å². The van der Waals surface area contributed by atoms with Gasteiger partial charge in [-0.2, -0.15) is 0 Å². The summed E-state index contributed by atoms with van der Waals surface area (Å²) in [5.41, 5.74) is 2.67. The lowest BCUT2D eigenvalue weighted by molar-refractivity contribution is -0.143. The van der Waals surface area contributed by atoms with Crippen molar-refractivity contribution in [1.29, 1.82) is 0 Å². The summed E-state index contributed by atoms with van der Waals surface area (Å²) in [6.45, 7) is 17.2. The molecule has 8 nitrogen and oxygen atoms in total. The van der Waals surface area contributed by atoms with Crippen molar-refractivity contribution in [2.24, 2.45) is 5.92 Å². The maximum absolute atomic E-state index is 14.3. The molecule has 0 aliphatic carbocycles. The highest BCUT2D eigenvalue weighted by Gasteiger charge is 2.39. The van der Waals surface area contributed by atoms with Gasteiger partial charge in [0.05, 0.1) is 7.11 Å². The van der Waals surface area contributed by atoms with E-state index in [1.54, 1.807) is 57.0 Å². The fourth-order valence-electron chi connectivity index (χ4n) is 4.38. The predicted octanol–water partition coefficient (Wildman–Crippen LogP) is 6.56. The normalized spacial score (nSPS) is 13.7. The molecule has 40 heavy (non-hydrogen) atoms. The van der Waals surface area contributed by atoms with Crippen molar-refractivity contribution in [3.05, 3.63) is 59.2 Å². The van der Waals surface area contributed by atoms with E-state index in [4.69, 9.17) is 9.47 Å². The number of benzene rings is 2. The maximum atomic E-state index is 14.3. The number of nitrogens with one attached hydrogen (secondary N) is 2. The highest BCUT2D eigenvalue weighted by molar-refractivity contribution is 5.99. The van der Waals surface area contributed by atoms with E-state index in [-0.39, 0.29) is 23.8 Å². The summed E-state index contributed by atoms with van der Waals surface area (Å²) in [7, 11) is 1.58. The zero-order valence-corrected chi connectivity index (χ0v) is 25.8. The van der Waals surface area contributed by atoms with Gasteiger partial charge < -0.3 is 25.0 Å². The molecule has 2 rings (SSSR count). The Kier molecular flexibility index (Phi) is 11.6. The molecule has 3 atom stereocenters. The molecule has 0 radical (unpaired) electrons. The zero-order valence-electron chi connectivity index (χ0n) is 25.8. The Morgan fingerprint density at radius 3 is 2.08 bits per heavy atom. The van der Waals surface area contributed by atoms with Gasteiger partial charge in [-0.05, 0) is 101 Å². The first-order chi connectivity index (χ1) is 18.7. The van der Waals surface area contributed by atoms with Crippen molar-refractivity contribution in [1.82, 2.24) is 10.2 Å². The van der Waals surface area contributed by atoms with Gasteiger partial charge in [0.2, 0.25) is 5.91 Å². The zero-order chi connectivity index (χ0) is 30.2. The van der Waals surface area contributed by atoms with Crippen LogP contribution in [0.15, 0.2) is 42.5 Å². The summed E-state index contributed by atoms with van der Waals surface area (Å²) in [5, 5.41) is 5.79. The predicted molar refractivity (Wildman–Crippen MR) is 159 cm³/mol. The molecule has 0 heterocycles. The van der Waals surface area contributed by atoms with Crippen molar-refractivity contribution in [2.75, 3.05) is 12.4 Å². The Balaban J connectivity index is 2.59. The first kappa shape index (κ1) is 32.7. The molecule has 3 unspecified atom stereocenters. The van der Waals surface area contributed by atoms with Crippen LogP contribution < -0.4 is 15.4 Å². The van der Waals surface area contributed by atoms with Crippen LogP contribution in [-0.2, 0) is 14.3 Å². The number of hydrogen-bond acceptors (Lipinski definition) is 5. The number of carbonyl (C=O) groups is 3. The molecule has 0 aromatic heterocycles. The lowest BCUT2D eigenvalue weighted by Gasteiger charge is -2.38. The molecule has 0 bridgehead atoms. The number of amides is 3. The van der Waals surface area contributed by atoms with Gasteiger partial charge in [-0.25, -0.2) is 4.79 Å². The smallest absolute Gasteiger partial charge is 0.408 e. The molecular weight excluding hydrogens is 506 g/mol. The third-order valence-electron chi connectivity index (χ3n) is 6.75. The van der Waals surface area contributed by atoms with Crippen LogP contribution >= 0.6 is 0 Å². The summed E-state index contributed by atoms with van der Waals surface area (Å²) in [4.78, 5) is 42.8. The van der Waals surface area contributed by atoms with Gasteiger partial charge in [-0.1, -0.05) is 39.0 Å².